The molecule has 0 bridgehead atoms. The van der Waals surface area contributed by atoms with E-state index >= 15 is 0 Å². The van der Waals surface area contributed by atoms with Crippen LogP contribution in [0.1, 0.15) is 39.2 Å². The van der Waals surface area contributed by atoms with Crippen molar-refractivity contribution in [1.29, 1.82) is 0 Å². The quantitative estimate of drug-likeness (QED) is 0.228. The van der Waals surface area contributed by atoms with Gasteiger partial charge in [-0.3, -0.25) is 4.99 Å². The smallest absolute Gasteiger partial charge is 0.191 e. The third-order valence-corrected chi connectivity index (χ3v) is 4.29. The van der Waals surface area contributed by atoms with E-state index in [9.17, 15) is 0 Å². The van der Waals surface area contributed by atoms with E-state index in [0.717, 1.165) is 50.0 Å². The van der Waals surface area contributed by atoms with Crippen molar-refractivity contribution in [1.82, 2.24) is 15.5 Å². The van der Waals surface area contributed by atoms with Crippen molar-refractivity contribution in [2.45, 2.75) is 46.1 Å². The van der Waals surface area contributed by atoms with Crippen LogP contribution in [0.15, 0.2) is 29.3 Å². The van der Waals surface area contributed by atoms with E-state index in [2.05, 4.69) is 60.5 Å². The van der Waals surface area contributed by atoms with Crippen molar-refractivity contribution in [3.05, 3.63) is 34.9 Å². The minimum Gasteiger partial charge on any atom is -0.357 e. The number of nitrogens with zero attached hydrogens (tertiary/aromatic N) is 2. The molecular formula is C19H34ClIN4. The Morgan fingerprint density at radius 3 is 2.44 bits per heavy atom. The number of halogens is 2. The highest BCUT2D eigenvalue weighted by atomic mass is 127. The maximum absolute atomic E-state index is 5.91. The Bertz CT molecular complexity index is 477. The zero-order chi connectivity index (χ0) is 17.8. The molecule has 25 heavy (non-hydrogen) atoms. The number of hydrogen-bond donors (Lipinski definition) is 2. The Kier molecular flexibility index (Phi) is 14.3. The molecule has 0 saturated carbocycles. The van der Waals surface area contributed by atoms with Crippen molar-refractivity contribution in [2.24, 2.45) is 4.99 Å². The Morgan fingerprint density at radius 1 is 1.16 bits per heavy atom. The SMILES string of the molecule is CCNC(=NCCCCN(C)C(C)C)NCCc1ccc(Cl)cc1.I. The van der Waals surface area contributed by atoms with E-state index in [1.165, 1.54) is 12.0 Å². The topological polar surface area (TPSA) is 39.7 Å². The summed E-state index contributed by atoms with van der Waals surface area (Å²) in [5.74, 6) is 0.906. The first-order chi connectivity index (χ1) is 11.5. The number of benzene rings is 1. The standard InChI is InChI=1S/C19H33ClN4.HI/c1-5-21-19(22-13-6-7-15-24(4)16(2)3)23-14-12-17-8-10-18(20)11-9-17;/h8-11,16H,5-7,12-15H2,1-4H3,(H2,21,22,23);1H. The molecule has 1 rings (SSSR count). The summed E-state index contributed by atoms with van der Waals surface area (Å²) in [5, 5.41) is 7.48. The lowest BCUT2D eigenvalue weighted by Gasteiger charge is -2.20. The number of hydrogen-bond acceptors (Lipinski definition) is 2. The van der Waals surface area contributed by atoms with E-state index in [1.54, 1.807) is 0 Å². The van der Waals surface area contributed by atoms with Crippen LogP contribution in [0.2, 0.25) is 5.02 Å². The van der Waals surface area contributed by atoms with E-state index < -0.39 is 0 Å². The molecular weight excluding hydrogens is 447 g/mol. The summed E-state index contributed by atoms with van der Waals surface area (Å²) in [6.45, 7) is 10.3. The first-order valence-electron chi connectivity index (χ1n) is 8.99. The fourth-order valence-corrected chi connectivity index (χ4v) is 2.37. The molecule has 0 heterocycles. The molecule has 144 valence electrons. The maximum atomic E-state index is 5.91. The predicted molar refractivity (Wildman–Crippen MR) is 122 cm³/mol. The Balaban J connectivity index is 0.00000576. The average Bonchev–Trinajstić information content (AvgIpc) is 2.56. The van der Waals surface area contributed by atoms with Gasteiger partial charge >= 0.3 is 0 Å². The maximum Gasteiger partial charge on any atom is 0.191 e. The van der Waals surface area contributed by atoms with E-state index in [1.807, 2.05) is 12.1 Å². The highest BCUT2D eigenvalue weighted by Gasteiger charge is 2.02. The number of nitrogens with one attached hydrogen (secondary N) is 2. The molecule has 0 unspecified atom stereocenters. The lowest BCUT2D eigenvalue weighted by atomic mass is 10.1. The molecule has 0 aliphatic rings. The van der Waals surface area contributed by atoms with Gasteiger partial charge in [-0.05, 0) is 71.3 Å². The Hall–Kier alpha value is -0.530. The van der Waals surface area contributed by atoms with Crippen LogP contribution in [-0.4, -0.2) is 50.1 Å². The van der Waals surface area contributed by atoms with Crippen LogP contribution < -0.4 is 10.6 Å². The van der Waals surface area contributed by atoms with Gasteiger partial charge in [0, 0.05) is 30.7 Å². The highest BCUT2D eigenvalue weighted by molar-refractivity contribution is 14.0. The third kappa shape index (κ3) is 11.7. The second-order valence-electron chi connectivity index (χ2n) is 6.35. The van der Waals surface area contributed by atoms with Crippen molar-refractivity contribution < 1.29 is 0 Å². The zero-order valence-electron chi connectivity index (χ0n) is 16.0. The first-order valence-corrected chi connectivity index (χ1v) is 9.37. The summed E-state index contributed by atoms with van der Waals surface area (Å²) in [6, 6.07) is 8.62. The fourth-order valence-electron chi connectivity index (χ4n) is 2.24. The molecule has 0 aromatic heterocycles. The van der Waals surface area contributed by atoms with Gasteiger partial charge in [0.25, 0.3) is 0 Å². The molecule has 0 aliphatic carbocycles. The average molecular weight is 481 g/mol. The second kappa shape index (κ2) is 14.6. The van der Waals surface area contributed by atoms with Gasteiger partial charge < -0.3 is 15.5 Å². The van der Waals surface area contributed by atoms with Crippen LogP contribution in [0.4, 0.5) is 0 Å². The van der Waals surface area contributed by atoms with Crippen LogP contribution in [0, 0.1) is 0 Å². The molecule has 0 saturated heterocycles. The molecule has 0 atom stereocenters. The highest BCUT2D eigenvalue weighted by Crippen LogP contribution is 2.09. The minimum atomic E-state index is 0. The van der Waals surface area contributed by atoms with Gasteiger partial charge in [0.2, 0.25) is 0 Å². The van der Waals surface area contributed by atoms with Gasteiger partial charge in [-0.2, -0.15) is 0 Å². The minimum absolute atomic E-state index is 0. The summed E-state index contributed by atoms with van der Waals surface area (Å²) < 4.78 is 0. The van der Waals surface area contributed by atoms with Crippen LogP contribution in [0.25, 0.3) is 0 Å². The summed E-state index contributed by atoms with van der Waals surface area (Å²) in [5.41, 5.74) is 1.28. The third-order valence-electron chi connectivity index (χ3n) is 4.03. The Morgan fingerprint density at radius 2 is 1.84 bits per heavy atom. The lowest BCUT2D eigenvalue weighted by molar-refractivity contribution is 0.269. The number of unbranched alkanes of at least 4 members (excludes halogenated alkanes) is 1. The summed E-state index contributed by atoms with van der Waals surface area (Å²) in [4.78, 5) is 7.03. The summed E-state index contributed by atoms with van der Waals surface area (Å²) in [6.07, 6.45) is 3.26. The van der Waals surface area contributed by atoms with Gasteiger partial charge in [-0.25, -0.2) is 0 Å². The molecule has 0 amide bonds. The zero-order valence-corrected chi connectivity index (χ0v) is 19.1. The van der Waals surface area contributed by atoms with Crippen molar-refractivity contribution in [3.8, 4) is 0 Å². The summed E-state index contributed by atoms with van der Waals surface area (Å²) >= 11 is 5.91. The van der Waals surface area contributed by atoms with E-state index in [-0.39, 0.29) is 24.0 Å². The second-order valence-corrected chi connectivity index (χ2v) is 6.78. The van der Waals surface area contributed by atoms with Gasteiger partial charge in [0.15, 0.2) is 5.96 Å². The van der Waals surface area contributed by atoms with Crippen molar-refractivity contribution >= 4 is 41.5 Å². The van der Waals surface area contributed by atoms with Gasteiger partial charge in [-0.1, -0.05) is 23.7 Å². The van der Waals surface area contributed by atoms with Crippen molar-refractivity contribution in [3.63, 3.8) is 0 Å². The van der Waals surface area contributed by atoms with Crippen LogP contribution in [-0.2, 0) is 6.42 Å². The monoisotopic (exact) mass is 480 g/mol. The molecule has 0 radical (unpaired) electrons. The normalized spacial score (nSPS) is 11.6. The van der Waals surface area contributed by atoms with Crippen LogP contribution in [0.5, 0.6) is 0 Å². The fraction of sp³-hybridized carbons (Fsp3) is 0.632. The van der Waals surface area contributed by atoms with Crippen LogP contribution in [0.3, 0.4) is 0 Å². The molecule has 4 nitrogen and oxygen atoms in total. The molecule has 2 N–H and O–H groups in total. The predicted octanol–water partition coefficient (Wildman–Crippen LogP) is 4.18. The van der Waals surface area contributed by atoms with Crippen LogP contribution >= 0.6 is 35.6 Å². The molecule has 0 fully saturated rings. The van der Waals surface area contributed by atoms with Crippen molar-refractivity contribution in [2.75, 3.05) is 33.2 Å². The first kappa shape index (κ1) is 24.5. The molecule has 1 aromatic rings. The van der Waals surface area contributed by atoms with Gasteiger partial charge in [0.1, 0.15) is 0 Å². The lowest BCUT2D eigenvalue weighted by Crippen LogP contribution is -2.38. The largest absolute Gasteiger partial charge is 0.357 e. The van der Waals surface area contributed by atoms with E-state index in [0.29, 0.717) is 6.04 Å². The number of rotatable bonds is 10. The van der Waals surface area contributed by atoms with Gasteiger partial charge in [0.05, 0.1) is 0 Å². The molecule has 0 spiro atoms. The molecule has 6 heteroatoms. The van der Waals surface area contributed by atoms with E-state index in [4.69, 9.17) is 11.6 Å². The summed E-state index contributed by atoms with van der Waals surface area (Å²) in [7, 11) is 2.18. The number of aliphatic imine (C=N–C) groups is 1. The Labute approximate surface area is 175 Å². The molecule has 0 aliphatic heterocycles. The van der Waals surface area contributed by atoms with Gasteiger partial charge in [-0.15, -0.1) is 24.0 Å². The number of guanidine groups is 1. The molecule has 1 aromatic carbocycles.